The summed E-state index contributed by atoms with van der Waals surface area (Å²) in [5, 5.41) is 12.8. The molecule has 0 aliphatic carbocycles. The number of rotatable bonds is 4. The maximum Gasteiger partial charge on any atom is -0.00201 e. The lowest BCUT2D eigenvalue weighted by atomic mass is 9.86. The van der Waals surface area contributed by atoms with Crippen molar-refractivity contribution in [3.63, 3.8) is 0 Å². The summed E-state index contributed by atoms with van der Waals surface area (Å²) in [6.07, 6.45) is 12.6. The number of fused-ring (bicyclic) bond motifs is 6. The first kappa shape index (κ1) is 23.2. The van der Waals surface area contributed by atoms with Crippen molar-refractivity contribution in [1.29, 1.82) is 0 Å². The molecule has 0 heteroatoms. The molecular weight excluding hydrogens is 468 g/mol. The monoisotopic (exact) mass is 496 g/mol. The second-order valence-electron chi connectivity index (χ2n) is 10.0. The Balaban J connectivity index is 1.55. The zero-order chi connectivity index (χ0) is 26.2. The molecule has 0 aliphatic heterocycles. The smallest absolute Gasteiger partial charge is 0.00201 e. The highest BCUT2D eigenvalue weighted by molar-refractivity contribution is 6.23. The number of allylic oxidation sites excluding steroid dienone is 5. The predicted octanol–water partition coefficient (Wildman–Crippen LogP) is 11.3. The Morgan fingerprint density at radius 1 is 0.410 bits per heavy atom. The molecule has 0 saturated heterocycles. The van der Waals surface area contributed by atoms with Crippen LogP contribution in [0.25, 0.3) is 71.1 Å². The highest BCUT2D eigenvalue weighted by Crippen LogP contribution is 2.43. The van der Waals surface area contributed by atoms with Crippen molar-refractivity contribution >= 4 is 59.9 Å². The van der Waals surface area contributed by atoms with Crippen LogP contribution in [0.5, 0.6) is 0 Å². The quantitative estimate of drug-likeness (QED) is 0.129. The minimum atomic E-state index is 1.26. The zero-order valence-electron chi connectivity index (χ0n) is 21.9. The van der Waals surface area contributed by atoms with Crippen molar-refractivity contribution in [2.45, 2.75) is 6.92 Å². The molecule has 0 unspecified atom stereocenters. The van der Waals surface area contributed by atoms with E-state index in [0.717, 1.165) is 0 Å². The van der Waals surface area contributed by atoms with Crippen molar-refractivity contribution < 1.29 is 0 Å². The minimum Gasteiger partial charge on any atom is -0.0877 e. The van der Waals surface area contributed by atoms with Gasteiger partial charge >= 0.3 is 0 Å². The molecule has 0 amide bonds. The SMILES string of the molecule is C\C=C/C=C\C=C\c1c2ccccc2c(-c2cccc3c2ccc2cc4ccccc4cc23)c2ccccc12. The molecule has 184 valence electrons. The molecule has 0 aromatic heterocycles. The summed E-state index contributed by atoms with van der Waals surface area (Å²) in [5.41, 5.74) is 3.83. The third kappa shape index (κ3) is 3.93. The summed E-state index contributed by atoms with van der Waals surface area (Å²) in [7, 11) is 0. The first-order valence-electron chi connectivity index (χ1n) is 13.6. The average molecular weight is 497 g/mol. The molecule has 0 fully saturated rings. The maximum absolute atomic E-state index is 2.35. The molecule has 0 radical (unpaired) electrons. The van der Waals surface area contributed by atoms with Gasteiger partial charge in [-0.1, -0.05) is 140 Å². The summed E-state index contributed by atoms with van der Waals surface area (Å²) in [5.74, 6) is 0. The van der Waals surface area contributed by atoms with Gasteiger partial charge < -0.3 is 0 Å². The molecule has 7 aromatic carbocycles. The topological polar surface area (TPSA) is 0 Å². The minimum absolute atomic E-state index is 1.26. The van der Waals surface area contributed by atoms with Crippen LogP contribution in [0, 0.1) is 0 Å². The Hall–Kier alpha value is -4.94. The normalized spacial score (nSPS) is 12.4. The van der Waals surface area contributed by atoms with E-state index in [1.807, 2.05) is 13.0 Å². The Bertz CT molecular complexity index is 2060. The molecule has 0 saturated carbocycles. The van der Waals surface area contributed by atoms with Gasteiger partial charge in [-0.2, -0.15) is 0 Å². The zero-order valence-corrected chi connectivity index (χ0v) is 21.9. The molecular formula is C39H28. The van der Waals surface area contributed by atoms with Gasteiger partial charge in [0.2, 0.25) is 0 Å². The lowest BCUT2D eigenvalue weighted by Crippen LogP contribution is -1.91. The Kier molecular flexibility index (Phi) is 5.79. The van der Waals surface area contributed by atoms with Crippen LogP contribution in [0.3, 0.4) is 0 Å². The molecule has 0 N–H and O–H groups in total. The summed E-state index contributed by atoms with van der Waals surface area (Å²) in [6, 6.07) is 42.4. The van der Waals surface area contributed by atoms with Gasteiger partial charge in [-0.15, -0.1) is 0 Å². The molecule has 0 atom stereocenters. The van der Waals surface area contributed by atoms with Crippen LogP contribution in [0.15, 0.2) is 146 Å². The van der Waals surface area contributed by atoms with Crippen LogP contribution in [0.4, 0.5) is 0 Å². The standard InChI is InChI=1S/C39H28/c1-2-3-4-5-6-16-30-31-17-9-11-19-35(31)39(36-20-12-10-18-32(30)36)37-22-13-21-33-34(37)24-23-29-25-27-14-7-8-15-28(27)26-38(29)33/h2-26H,1H3/b3-2-,5-4-,16-6+. The van der Waals surface area contributed by atoms with E-state index in [1.54, 1.807) is 0 Å². The molecule has 0 heterocycles. The molecule has 0 spiro atoms. The molecule has 7 rings (SSSR count). The van der Waals surface area contributed by atoms with Gasteiger partial charge in [0.1, 0.15) is 0 Å². The van der Waals surface area contributed by atoms with Crippen LogP contribution in [-0.4, -0.2) is 0 Å². The van der Waals surface area contributed by atoms with Crippen LogP contribution >= 0.6 is 0 Å². The van der Waals surface area contributed by atoms with Crippen LogP contribution < -0.4 is 0 Å². The van der Waals surface area contributed by atoms with E-state index < -0.39 is 0 Å². The van der Waals surface area contributed by atoms with E-state index in [-0.39, 0.29) is 0 Å². The lowest BCUT2D eigenvalue weighted by Gasteiger charge is -2.17. The van der Waals surface area contributed by atoms with Gasteiger partial charge in [0.15, 0.2) is 0 Å². The number of hydrogen-bond acceptors (Lipinski definition) is 0. The van der Waals surface area contributed by atoms with Gasteiger partial charge in [-0.25, -0.2) is 0 Å². The fourth-order valence-electron chi connectivity index (χ4n) is 6.02. The summed E-state index contributed by atoms with van der Waals surface area (Å²) < 4.78 is 0. The fraction of sp³-hybridized carbons (Fsp3) is 0.0256. The van der Waals surface area contributed by atoms with Crippen molar-refractivity contribution in [2.24, 2.45) is 0 Å². The third-order valence-electron chi connectivity index (χ3n) is 7.77. The molecule has 7 aromatic rings. The summed E-state index contributed by atoms with van der Waals surface area (Å²) in [6.45, 7) is 2.03. The Labute approximate surface area is 228 Å². The van der Waals surface area contributed by atoms with Crippen molar-refractivity contribution in [3.8, 4) is 11.1 Å². The molecule has 0 nitrogen and oxygen atoms in total. The third-order valence-corrected chi connectivity index (χ3v) is 7.77. The van der Waals surface area contributed by atoms with E-state index in [9.17, 15) is 0 Å². The fourth-order valence-corrected chi connectivity index (χ4v) is 6.02. The van der Waals surface area contributed by atoms with Crippen molar-refractivity contribution in [1.82, 2.24) is 0 Å². The van der Waals surface area contributed by atoms with Crippen LogP contribution in [0.2, 0.25) is 0 Å². The highest BCUT2D eigenvalue weighted by Gasteiger charge is 2.16. The maximum atomic E-state index is 2.35. The average Bonchev–Trinajstić information content (AvgIpc) is 2.99. The van der Waals surface area contributed by atoms with Gasteiger partial charge in [0.25, 0.3) is 0 Å². The lowest BCUT2D eigenvalue weighted by molar-refractivity contribution is 1.70. The van der Waals surface area contributed by atoms with Gasteiger partial charge in [0.05, 0.1) is 0 Å². The second-order valence-corrected chi connectivity index (χ2v) is 10.0. The number of benzene rings is 7. The summed E-state index contributed by atoms with van der Waals surface area (Å²) in [4.78, 5) is 0. The summed E-state index contributed by atoms with van der Waals surface area (Å²) >= 11 is 0. The molecule has 0 aliphatic rings. The Morgan fingerprint density at radius 2 is 1.03 bits per heavy atom. The van der Waals surface area contributed by atoms with E-state index >= 15 is 0 Å². The van der Waals surface area contributed by atoms with E-state index in [1.165, 1.54) is 70.6 Å². The van der Waals surface area contributed by atoms with E-state index in [0.29, 0.717) is 0 Å². The van der Waals surface area contributed by atoms with E-state index in [4.69, 9.17) is 0 Å². The Morgan fingerprint density at radius 3 is 1.74 bits per heavy atom. The highest BCUT2D eigenvalue weighted by atomic mass is 14.2. The largest absolute Gasteiger partial charge is 0.0877 e. The molecule has 0 bridgehead atoms. The predicted molar refractivity (Wildman–Crippen MR) is 172 cm³/mol. The van der Waals surface area contributed by atoms with E-state index in [2.05, 4.69) is 146 Å². The van der Waals surface area contributed by atoms with Crippen molar-refractivity contribution in [3.05, 3.63) is 151 Å². The first-order chi connectivity index (χ1) is 19.3. The molecule has 39 heavy (non-hydrogen) atoms. The van der Waals surface area contributed by atoms with Gasteiger partial charge in [-0.05, 0) is 89.6 Å². The van der Waals surface area contributed by atoms with Crippen LogP contribution in [0.1, 0.15) is 12.5 Å². The van der Waals surface area contributed by atoms with Gasteiger partial charge in [-0.3, -0.25) is 0 Å². The first-order valence-corrected chi connectivity index (χ1v) is 13.6. The van der Waals surface area contributed by atoms with Gasteiger partial charge in [0, 0.05) is 0 Å². The van der Waals surface area contributed by atoms with Crippen LogP contribution in [-0.2, 0) is 0 Å². The number of hydrogen-bond donors (Lipinski definition) is 0. The second kappa shape index (κ2) is 9.74. The van der Waals surface area contributed by atoms with Crippen molar-refractivity contribution in [2.75, 3.05) is 0 Å².